The van der Waals surface area contributed by atoms with E-state index >= 15 is 0 Å². The fraction of sp³-hybridized carbons (Fsp3) is 0.640. The van der Waals surface area contributed by atoms with Gasteiger partial charge < -0.3 is 14.9 Å². The SMILES string of the molecule is [B]C[C@@H]1CC(O)[C@H](C/C=C\CCCC(=O)O)[C@H]1/C=C/[C@@H](CC(C)c1cc(Br)c(C)s1)OC. The van der Waals surface area contributed by atoms with Gasteiger partial charge in [0.1, 0.15) is 0 Å². The Morgan fingerprint density at radius 2 is 2.19 bits per heavy atom. The molecule has 0 saturated heterocycles. The monoisotopic (exact) mass is 522 g/mol. The molecule has 2 N–H and O–H groups in total. The van der Waals surface area contributed by atoms with Crippen molar-refractivity contribution in [3.63, 3.8) is 0 Å². The Kier molecular flexibility index (Phi) is 11.7. The summed E-state index contributed by atoms with van der Waals surface area (Å²) in [7, 11) is 7.78. The van der Waals surface area contributed by atoms with Gasteiger partial charge in [-0.3, -0.25) is 4.79 Å². The molecule has 0 spiro atoms. The molecule has 32 heavy (non-hydrogen) atoms. The van der Waals surface area contributed by atoms with Crippen LogP contribution in [0.5, 0.6) is 0 Å². The van der Waals surface area contributed by atoms with Gasteiger partial charge in [0.05, 0.1) is 20.1 Å². The number of aliphatic hydroxyl groups is 1. The first-order chi connectivity index (χ1) is 15.3. The van der Waals surface area contributed by atoms with E-state index in [1.54, 1.807) is 7.11 Å². The third kappa shape index (κ3) is 8.16. The summed E-state index contributed by atoms with van der Waals surface area (Å²) in [5.41, 5.74) is 0. The van der Waals surface area contributed by atoms with Crippen LogP contribution < -0.4 is 0 Å². The molecule has 0 aliphatic heterocycles. The molecule has 0 amide bonds. The highest BCUT2D eigenvalue weighted by Gasteiger charge is 2.39. The number of carboxylic acids is 1. The molecule has 6 atom stereocenters. The number of hydrogen-bond acceptors (Lipinski definition) is 4. The molecule has 7 heteroatoms. The second-order valence-electron chi connectivity index (χ2n) is 8.88. The van der Waals surface area contributed by atoms with Gasteiger partial charge in [0.2, 0.25) is 0 Å². The Hall–Kier alpha value is -0.885. The maximum atomic E-state index is 10.6. The average molecular weight is 523 g/mol. The molecule has 2 rings (SSSR count). The van der Waals surface area contributed by atoms with Gasteiger partial charge >= 0.3 is 5.97 Å². The molecule has 2 radical (unpaired) electrons. The van der Waals surface area contributed by atoms with Crippen LogP contribution in [0.25, 0.3) is 0 Å². The molecular formula is C25H36BBrO4S. The van der Waals surface area contributed by atoms with Crippen LogP contribution in [0, 0.1) is 24.7 Å². The van der Waals surface area contributed by atoms with Crippen molar-refractivity contribution >= 4 is 41.1 Å². The normalized spacial score (nSPS) is 25.7. The first kappa shape index (κ1) is 27.4. The zero-order chi connectivity index (χ0) is 23.7. The lowest BCUT2D eigenvalue weighted by molar-refractivity contribution is -0.137. The van der Waals surface area contributed by atoms with Crippen LogP contribution in [0.4, 0.5) is 0 Å². The number of unbranched alkanes of at least 4 members (excludes halogenated alkanes) is 1. The molecule has 1 saturated carbocycles. The maximum Gasteiger partial charge on any atom is 0.303 e. The van der Waals surface area contributed by atoms with E-state index in [4.69, 9.17) is 17.7 Å². The van der Waals surface area contributed by atoms with Gasteiger partial charge in [-0.05, 0) is 84.7 Å². The van der Waals surface area contributed by atoms with Gasteiger partial charge in [-0.15, -0.1) is 11.3 Å². The number of allylic oxidation sites excluding steroid dienone is 3. The number of rotatable bonds is 13. The minimum atomic E-state index is -0.760. The minimum Gasteiger partial charge on any atom is -0.481 e. The van der Waals surface area contributed by atoms with Crippen molar-refractivity contribution in [1.29, 1.82) is 0 Å². The van der Waals surface area contributed by atoms with Crippen molar-refractivity contribution in [2.75, 3.05) is 7.11 Å². The fourth-order valence-corrected chi connectivity index (χ4v) is 6.18. The Bertz CT molecular complexity index is 758. The summed E-state index contributed by atoms with van der Waals surface area (Å²) in [5.74, 6) is 0.233. The largest absolute Gasteiger partial charge is 0.481 e. The lowest BCUT2D eigenvalue weighted by Gasteiger charge is -2.23. The van der Waals surface area contributed by atoms with Gasteiger partial charge in [-0.25, -0.2) is 0 Å². The number of halogens is 1. The van der Waals surface area contributed by atoms with Gasteiger partial charge in [-0.1, -0.05) is 37.5 Å². The molecule has 1 heterocycles. The molecule has 4 nitrogen and oxygen atoms in total. The predicted molar refractivity (Wildman–Crippen MR) is 137 cm³/mol. The van der Waals surface area contributed by atoms with Crippen LogP contribution in [0.2, 0.25) is 6.32 Å². The molecule has 0 aromatic carbocycles. The highest BCUT2D eigenvalue weighted by Crippen LogP contribution is 2.42. The van der Waals surface area contributed by atoms with Crippen molar-refractivity contribution in [1.82, 2.24) is 0 Å². The highest BCUT2D eigenvalue weighted by molar-refractivity contribution is 9.10. The Labute approximate surface area is 206 Å². The second kappa shape index (κ2) is 13.7. The third-order valence-electron chi connectivity index (χ3n) is 6.51. The standard InChI is InChI=1S/C25H36BBrO4S/c1-16(24-14-22(27)17(2)32-24)12-19(31-3)10-11-20-18(15-26)13-23(28)21(20)8-6-4-5-7-9-25(29)30/h4,6,10-11,14,16,18-21,23,28H,5,7-9,12-13,15H2,1-3H3,(H,29,30)/b6-4-,11-10+/t16?,18-,19-,20-,21+,23?/m0/s1. The molecule has 1 aromatic heterocycles. The van der Waals surface area contributed by atoms with Gasteiger partial charge in [-0.2, -0.15) is 0 Å². The van der Waals surface area contributed by atoms with Crippen molar-refractivity contribution in [3.8, 4) is 0 Å². The molecule has 176 valence electrons. The summed E-state index contributed by atoms with van der Waals surface area (Å²) >= 11 is 5.43. The lowest BCUT2D eigenvalue weighted by Crippen LogP contribution is -2.19. The summed E-state index contributed by atoms with van der Waals surface area (Å²) in [4.78, 5) is 13.3. The number of carbonyl (C=O) groups is 1. The summed E-state index contributed by atoms with van der Waals surface area (Å²) < 4.78 is 6.93. The van der Waals surface area contributed by atoms with E-state index in [9.17, 15) is 9.90 Å². The number of hydrogen-bond donors (Lipinski definition) is 2. The number of ether oxygens (including phenoxy) is 1. The highest BCUT2D eigenvalue weighted by atomic mass is 79.9. The number of thiophene rings is 1. The minimum absolute atomic E-state index is 0.00885. The zero-order valence-electron chi connectivity index (χ0n) is 19.4. The van der Waals surface area contributed by atoms with E-state index in [1.165, 1.54) is 14.2 Å². The van der Waals surface area contributed by atoms with Crippen molar-refractivity contribution < 1.29 is 19.7 Å². The topological polar surface area (TPSA) is 66.8 Å². The quantitative estimate of drug-likeness (QED) is 0.181. The van der Waals surface area contributed by atoms with E-state index in [2.05, 4.69) is 54.1 Å². The van der Waals surface area contributed by atoms with E-state index in [-0.39, 0.29) is 36.4 Å². The van der Waals surface area contributed by atoms with Crippen LogP contribution in [0.3, 0.4) is 0 Å². The Morgan fingerprint density at radius 1 is 1.44 bits per heavy atom. The molecular weight excluding hydrogens is 487 g/mol. The number of aliphatic hydroxyl groups excluding tert-OH is 1. The lowest BCUT2D eigenvalue weighted by atomic mass is 9.79. The molecule has 0 bridgehead atoms. The maximum absolute atomic E-state index is 10.6. The van der Waals surface area contributed by atoms with Crippen LogP contribution in [0.15, 0.2) is 34.8 Å². The van der Waals surface area contributed by atoms with E-state index in [1.807, 2.05) is 17.4 Å². The Morgan fingerprint density at radius 3 is 2.78 bits per heavy atom. The first-order valence-electron chi connectivity index (χ1n) is 11.5. The second-order valence-corrected chi connectivity index (χ2v) is 11.0. The van der Waals surface area contributed by atoms with E-state index in [0.717, 1.165) is 25.7 Å². The van der Waals surface area contributed by atoms with Gasteiger partial charge in [0, 0.05) is 27.8 Å². The van der Waals surface area contributed by atoms with Crippen LogP contribution in [0.1, 0.15) is 61.1 Å². The van der Waals surface area contributed by atoms with Crippen LogP contribution >= 0.6 is 27.3 Å². The van der Waals surface area contributed by atoms with Crippen LogP contribution in [-0.2, 0) is 9.53 Å². The third-order valence-corrected chi connectivity index (χ3v) is 8.88. The summed E-state index contributed by atoms with van der Waals surface area (Å²) in [6.07, 6.45) is 12.7. The van der Waals surface area contributed by atoms with Gasteiger partial charge in [0.25, 0.3) is 0 Å². The van der Waals surface area contributed by atoms with Crippen molar-refractivity contribution in [2.24, 2.45) is 17.8 Å². The summed E-state index contributed by atoms with van der Waals surface area (Å²) in [6.45, 7) is 4.36. The molecule has 1 aliphatic carbocycles. The number of carboxylic acid groups (broad SMARTS) is 1. The fourth-order valence-electron chi connectivity index (χ4n) is 4.55. The van der Waals surface area contributed by atoms with E-state index in [0.29, 0.717) is 18.7 Å². The zero-order valence-corrected chi connectivity index (χ0v) is 21.8. The number of aryl methyl sites for hydroxylation is 1. The van der Waals surface area contributed by atoms with Crippen molar-refractivity contribution in [3.05, 3.63) is 44.6 Å². The summed E-state index contributed by atoms with van der Waals surface area (Å²) in [6, 6.07) is 2.21. The smallest absolute Gasteiger partial charge is 0.303 e. The molecule has 1 aromatic rings. The molecule has 2 unspecified atom stereocenters. The van der Waals surface area contributed by atoms with Crippen LogP contribution in [-0.4, -0.2) is 43.3 Å². The van der Waals surface area contributed by atoms with Gasteiger partial charge in [0.15, 0.2) is 0 Å². The first-order valence-corrected chi connectivity index (χ1v) is 13.1. The number of aliphatic carboxylic acids is 1. The number of methoxy groups -OCH3 is 1. The summed E-state index contributed by atoms with van der Waals surface area (Å²) in [5, 5.41) is 19.4. The molecule has 1 aliphatic rings. The predicted octanol–water partition coefficient (Wildman–Crippen LogP) is 6.29. The Balaban J connectivity index is 1.99. The average Bonchev–Trinajstić information content (AvgIpc) is 3.25. The molecule has 1 fully saturated rings. The van der Waals surface area contributed by atoms with E-state index < -0.39 is 5.97 Å². The van der Waals surface area contributed by atoms with Crippen molar-refractivity contribution in [2.45, 2.75) is 76.8 Å².